The van der Waals surface area contributed by atoms with Crippen molar-refractivity contribution in [1.82, 2.24) is 5.32 Å². The van der Waals surface area contributed by atoms with Gasteiger partial charge in [-0.3, -0.25) is 0 Å². The first-order valence-corrected chi connectivity index (χ1v) is 7.24. The molecule has 1 atom stereocenters. The number of aliphatic hydroxyl groups is 1. The Hall–Kier alpha value is -0.0700. The summed E-state index contributed by atoms with van der Waals surface area (Å²) in [5.41, 5.74) is 0.931. The first kappa shape index (κ1) is 13.4. The van der Waals surface area contributed by atoms with Crippen LogP contribution in [-0.4, -0.2) is 37.2 Å². The van der Waals surface area contributed by atoms with E-state index in [9.17, 15) is 5.11 Å². The van der Waals surface area contributed by atoms with Crippen molar-refractivity contribution in [3.8, 4) is 0 Å². The highest BCUT2D eigenvalue weighted by atomic mass is 79.9. The molecule has 0 aliphatic carbocycles. The summed E-state index contributed by atoms with van der Waals surface area (Å²) in [5.74, 6) is 0. The van der Waals surface area contributed by atoms with Crippen LogP contribution in [0, 0.1) is 0 Å². The summed E-state index contributed by atoms with van der Waals surface area (Å²) in [5, 5.41) is 13.4. The molecule has 5 heteroatoms. The van der Waals surface area contributed by atoms with Crippen LogP contribution in [0.2, 0.25) is 0 Å². The number of likely N-dealkylation sites (N-methyl/N-ethyl adjacent to an activating group) is 1. The molecule has 1 aromatic rings. The van der Waals surface area contributed by atoms with Crippen LogP contribution in [0.25, 0.3) is 0 Å². The Kier molecular flexibility index (Phi) is 4.87. The Morgan fingerprint density at radius 3 is 2.88 bits per heavy atom. The molecular weight excluding hydrogens is 302 g/mol. The van der Waals surface area contributed by atoms with Crippen molar-refractivity contribution < 1.29 is 9.84 Å². The summed E-state index contributed by atoms with van der Waals surface area (Å²) in [6, 6.07) is 6.03. The number of hydrogen-bond donors (Lipinski definition) is 2. The SMILES string of the molecule is CNCC(O)c1ccc(SC2COC2)c(Br)c1. The molecule has 0 saturated carbocycles. The molecule has 1 aromatic carbocycles. The second kappa shape index (κ2) is 6.20. The summed E-state index contributed by atoms with van der Waals surface area (Å²) in [6.07, 6.45) is -0.456. The minimum absolute atomic E-state index is 0.456. The van der Waals surface area contributed by atoms with E-state index in [1.54, 1.807) is 0 Å². The molecule has 94 valence electrons. The summed E-state index contributed by atoms with van der Waals surface area (Å²) in [6.45, 7) is 2.23. The first-order valence-electron chi connectivity index (χ1n) is 5.57. The van der Waals surface area contributed by atoms with Gasteiger partial charge in [0.15, 0.2) is 0 Å². The molecule has 1 fully saturated rings. The minimum atomic E-state index is -0.456. The van der Waals surface area contributed by atoms with Crippen molar-refractivity contribution in [2.75, 3.05) is 26.8 Å². The largest absolute Gasteiger partial charge is 0.387 e. The number of aliphatic hydroxyl groups excluding tert-OH is 1. The predicted molar refractivity (Wildman–Crippen MR) is 73.5 cm³/mol. The third-order valence-corrected chi connectivity index (χ3v) is 4.77. The van der Waals surface area contributed by atoms with E-state index in [1.807, 2.05) is 30.9 Å². The average Bonchev–Trinajstić information content (AvgIpc) is 2.25. The summed E-state index contributed by atoms with van der Waals surface area (Å²) < 4.78 is 6.20. The zero-order valence-corrected chi connectivity index (χ0v) is 12.1. The van der Waals surface area contributed by atoms with Crippen LogP contribution in [-0.2, 0) is 4.74 Å². The van der Waals surface area contributed by atoms with Crippen molar-refractivity contribution >= 4 is 27.7 Å². The molecule has 0 amide bonds. The maximum absolute atomic E-state index is 9.86. The number of rotatable bonds is 5. The number of thioether (sulfide) groups is 1. The average molecular weight is 318 g/mol. The molecule has 17 heavy (non-hydrogen) atoms. The maximum Gasteiger partial charge on any atom is 0.0914 e. The van der Waals surface area contributed by atoms with Crippen molar-refractivity contribution in [2.24, 2.45) is 0 Å². The van der Waals surface area contributed by atoms with Crippen LogP contribution in [0.3, 0.4) is 0 Å². The van der Waals surface area contributed by atoms with Gasteiger partial charge in [0, 0.05) is 15.9 Å². The van der Waals surface area contributed by atoms with Crippen LogP contribution in [0.5, 0.6) is 0 Å². The Bertz CT molecular complexity index is 385. The van der Waals surface area contributed by atoms with Crippen molar-refractivity contribution in [3.05, 3.63) is 28.2 Å². The molecule has 3 nitrogen and oxygen atoms in total. The fraction of sp³-hybridized carbons (Fsp3) is 0.500. The Labute approximate surface area is 114 Å². The third-order valence-electron chi connectivity index (χ3n) is 2.64. The fourth-order valence-electron chi connectivity index (χ4n) is 1.59. The molecule has 1 saturated heterocycles. The standard InChI is InChI=1S/C12H16BrNO2S/c1-14-5-11(15)8-2-3-12(10(13)4-8)17-9-6-16-7-9/h2-4,9,11,14-15H,5-7H2,1H3. The second-order valence-electron chi connectivity index (χ2n) is 4.04. The number of halogens is 1. The van der Waals surface area contributed by atoms with Gasteiger partial charge in [-0.05, 0) is 40.7 Å². The number of benzene rings is 1. The van der Waals surface area contributed by atoms with Crippen molar-refractivity contribution in [1.29, 1.82) is 0 Å². The van der Waals surface area contributed by atoms with Crippen LogP contribution in [0.15, 0.2) is 27.6 Å². The predicted octanol–water partition coefficient (Wildman–Crippen LogP) is 2.19. The van der Waals surface area contributed by atoms with Crippen molar-refractivity contribution in [3.63, 3.8) is 0 Å². The highest BCUT2D eigenvalue weighted by molar-refractivity contribution is 9.10. The lowest BCUT2D eigenvalue weighted by Crippen LogP contribution is -2.30. The van der Waals surface area contributed by atoms with E-state index in [0.29, 0.717) is 11.8 Å². The third kappa shape index (κ3) is 3.45. The van der Waals surface area contributed by atoms with Gasteiger partial charge in [-0.2, -0.15) is 0 Å². The van der Waals surface area contributed by atoms with Gasteiger partial charge >= 0.3 is 0 Å². The summed E-state index contributed by atoms with van der Waals surface area (Å²) in [7, 11) is 1.83. The second-order valence-corrected chi connectivity index (χ2v) is 6.24. The van der Waals surface area contributed by atoms with Gasteiger partial charge in [0.05, 0.1) is 24.6 Å². The fourth-order valence-corrected chi connectivity index (χ4v) is 3.28. The first-order chi connectivity index (χ1) is 8.20. The van der Waals surface area contributed by atoms with Crippen LogP contribution in [0.1, 0.15) is 11.7 Å². The van der Waals surface area contributed by atoms with Gasteiger partial charge in [-0.15, -0.1) is 11.8 Å². The van der Waals surface area contributed by atoms with E-state index < -0.39 is 6.10 Å². The minimum Gasteiger partial charge on any atom is -0.387 e. The summed E-state index contributed by atoms with van der Waals surface area (Å²) in [4.78, 5) is 1.21. The molecule has 1 aliphatic heterocycles. The number of nitrogens with one attached hydrogen (secondary N) is 1. The van der Waals surface area contributed by atoms with Gasteiger partial charge in [-0.25, -0.2) is 0 Å². The van der Waals surface area contributed by atoms with Gasteiger partial charge in [-0.1, -0.05) is 6.07 Å². The molecule has 1 aliphatic rings. The molecule has 1 heterocycles. The van der Waals surface area contributed by atoms with E-state index >= 15 is 0 Å². The zero-order valence-electron chi connectivity index (χ0n) is 9.65. The van der Waals surface area contributed by atoms with E-state index in [-0.39, 0.29) is 0 Å². The highest BCUT2D eigenvalue weighted by Gasteiger charge is 2.20. The normalized spacial score (nSPS) is 17.8. The molecule has 1 unspecified atom stereocenters. The van der Waals surface area contributed by atoms with Crippen LogP contribution in [0.4, 0.5) is 0 Å². The molecule has 0 bridgehead atoms. The molecule has 0 aromatic heterocycles. The summed E-state index contributed by atoms with van der Waals surface area (Å²) >= 11 is 5.38. The molecular formula is C12H16BrNO2S. The molecule has 2 rings (SSSR count). The number of ether oxygens (including phenoxy) is 1. The van der Waals surface area contributed by atoms with Gasteiger partial charge in [0.1, 0.15) is 0 Å². The lowest BCUT2D eigenvalue weighted by Gasteiger charge is -2.25. The van der Waals surface area contributed by atoms with Crippen LogP contribution >= 0.6 is 27.7 Å². The number of hydrogen-bond acceptors (Lipinski definition) is 4. The van der Waals surface area contributed by atoms with Gasteiger partial charge in [0.25, 0.3) is 0 Å². The Balaban J connectivity index is 2.04. The van der Waals surface area contributed by atoms with Gasteiger partial charge in [0.2, 0.25) is 0 Å². The topological polar surface area (TPSA) is 41.5 Å². The molecule has 0 radical (unpaired) electrons. The zero-order chi connectivity index (χ0) is 12.3. The van der Waals surface area contributed by atoms with Crippen LogP contribution < -0.4 is 5.32 Å². The Morgan fingerprint density at radius 1 is 1.59 bits per heavy atom. The van der Waals surface area contributed by atoms with Gasteiger partial charge < -0.3 is 15.2 Å². The Morgan fingerprint density at radius 2 is 2.35 bits per heavy atom. The quantitative estimate of drug-likeness (QED) is 0.873. The van der Waals surface area contributed by atoms with E-state index in [1.165, 1.54) is 4.90 Å². The smallest absolute Gasteiger partial charge is 0.0914 e. The highest BCUT2D eigenvalue weighted by Crippen LogP contribution is 2.34. The lowest BCUT2D eigenvalue weighted by molar-refractivity contribution is 0.0455. The van der Waals surface area contributed by atoms with E-state index in [0.717, 1.165) is 23.2 Å². The molecule has 0 spiro atoms. The van der Waals surface area contributed by atoms with Crippen molar-refractivity contribution in [2.45, 2.75) is 16.2 Å². The lowest BCUT2D eigenvalue weighted by atomic mass is 10.1. The van der Waals surface area contributed by atoms with E-state index in [2.05, 4.69) is 27.3 Å². The monoisotopic (exact) mass is 317 g/mol. The maximum atomic E-state index is 9.86. The van der Waals surface area contributed by atoms with E-state index in [4.69, 9.17) is 4.74 Å². The molecule has 2 N–H and O–H groups in total.